The van der Waals surface area contributed by atoms with E-state index in [0.29, 0.717) is 22.7 Å². The Kier molecular flexibility index (Phi) is 3.62. The highest BCUT2D eigenvalue weighted by Crippen LogP contribution is 2.33. The summed E-state index contributed by atoms with van der Waals surface area (Å²) >= 11 is 5.84. The third kappa shape index (κ3) is 2.62. The van der Waals surface area contributed by atoms with E-state index in [1.54, 1.807) is 36.4 Å². The second-order valence-corrected chi connectivity index (χ2v) is 5.18. The molecule has 0 saturated carbocycles. The van der Waals surface area contributed by atoms with Crippen LogP contribution in [0.2, 0.25) is 5.02 Å². The number of carbonyl (C=O) groups excluding carboxylic acids is 1. The van der Waals surface area contributed by atoms with Gasteiger partial charge in [0, 0.05) is 17.0 Å². The van der Waals surface area contributed by atoms with Crippen LogP contribution in [0, 0.1) is 0 Å². The Hall–Kier alpha value is -2.33. The Bertz CT molecular complexity index is 710. The molecule has 0 radical (unpaired) electrons. The normalized spacial score (nSPS) is 17.5. The second-order valence-electron chi connectivity index (χ2n) is 4.74. The number of oxime groups is 1. The minimum atomic E-state index is -0.435. The van der Waals surface area contributed by atoms with Gasteiger partial charge in [-0.2, -0.15) is 0 Å². The van der Waals surface area contributed by atoms with Gasteiger partial charge in [0.1, 0.15) is 6.10 Å². The molecular weight excluding hydrogens is 290 g/mol. The molecular formula is C16H12ClNO3. The van der Waals surface area contributed by atoms with E-state index in [-0.39, 0.29) is 5.97 Å². The first-order chi connectivity index (χ1) is 10.2. The van der Waals surface area contributed by atoms with Gasteiger partial charge in [-0.1, -0.05) is 47.1 Å². The van der Waals surface area contributed by atoms with Crippen molar-refractivity contribution >= 4 is 23.3 Å². The number of ether oxygens (including phenoxy) is 1. The number of halogens is 1. The minimum absolute atomic E-state index is 0.306. The lowest BCUT2D eigenvalue weighted by molar-refractivity contribution is 0.0399. The molecule has 0 saturated heterocycles. The third-order valence-electron chi connectivity index (χ3n) is 3.45. The van der Waals surface area contributed by atoms with Crippen molar-refractivity contribution in [1.82, 2.24) is 0 Å². The van der Waals surface area contributed by atoms with E-state index in [4.69, 9.17) is 16.3 Å². The standard InChI is InChI=1S/C16H12ClNO3/c17-11-7-5-10(6-8-11)14(18-20)9-15-12-3-1-2-4-13(12)16(19)21-15/h1-8,15,20H,9H2/b18-14-. The van der Waals surface area contributed by atoms with Gasteiger partial charge in [0.15, 0.2) is 0 Å². The maximum absolute atomic E-state index is 11.8. The van der Waals surface area contributed by atoms with Crippen LogP contribution in [0.1, 0.15) is 34.0 Å². The predicted molar refractivity (Wildman–Crippen MR) is 79.0 cm³/mol. The van der Waals surface area contributed by atoms with Crippen molar-refractivity contribution in [2.45, 2.75) is 12.5 Å². The largest absolute Gasteiger partial charge is 0.453 e. The molecule has 3 rings (SSSR count). The van der Waals surface area contributed by atoms with Gasteiger partial charge in [0.05, 0.1) is 11.3 Å². The zero-order chi connectivity index (χ0) is 14.8. The molecule has 4 nitrogen and oxygen atoms in total. The van der Waals surface area contributed by atoms with Crippen LogP contribution in [0.4, 0.5) is 0 Å². The molecule has 1 heterocycles. The van der Waals surface area contributed by atoms with E-state index < -0.39 is 6.10 Å². The van der Waals surface area contributed by atoms with Crippen LogP contribution >= 0.6 is 11.6 Å². The highest BCUT2D eigenvalue weighted by molar-refractivity contribution is 6.30. The molecule has 0 aliphatic carbocycles. The first-order valence-corrected chi connectivity index (χ1v) is 6.83. The number of rotatable bonds is 3. The molecule has 1 aliphatic rings. The summed E-state index contributed by atoms with van der Waals surface area (Å²) in [6.45, 7) is 0. The molecule has 0 spiro atoms. The van der Waals surface area contributed by atoms with E-state index in [1.165, 1.54) is 0 Å². The van der Waals surface area contributed by atoms with Gasteiger partial charge in [-0.05, 0) is 23.8 Å². The van der Waals surface area contributed by atoms with Crippen molar-refractivity contribution < 1.29 is 14.7 Å². The molecule has 1 N–H and O–H groups in total. The second kappa shape index (κ2) is 5.58. The Labute approximate surface area is 126 Å². The molecule has 21 heavy (non-hydrogen) atoms. The summed E-state index contributed by atoms with van der Waals surface area (Å²) in [6.07, 6.45) is -0.128. The molecule has 2 aromatic carbocycles. The molecule has 1 aliphatic heterocycles. The van der Waals surface area contributed by atoms with Crippen molar-refractivity contribution in [2.75, 3.05) is 0 Å². The smallest absolute Gasteiger partial charge is 0.339 e. The Balaban J connectivity index is 1.86. The first kappa shape index (κ1) is 13.6. The minimum Gasteiger partial charge on any atom is -0.453 e. The summed E-state index contributed by atoms with van der Waals surface area (Å²) in [7, 11) is 0. The summed E-state index contributed by atoms with van der Waals surface area (Å²) in [5.41, 5.74) is 2.57. The van der Waals surface area contributed by atoms with E-state index in [2.05, 4.69) is 5.16 Å². The van der Waals surface area contributed by atoms with Gasteiger partial charge in [-0.3, -0.25) is 0 Å². The Morgan fingerprint density at radius 3 is 2.62 bits per heavy atom. The summed E-state index contributed by atoms with van der Waals surface area (Å²) in [6, 6.07) is 14.2. The Morgan fingerprint density at radius 2 is 1.90 bits per heavy atom. The van der Waals surface area contributed by atoms with E-state index in [9.17, 15) is 10.0 Å². The van der Waals surface area contributed by atoms with Crippen LogP contribution in [-0.4, -0.2) is 16.9 Å². The van der Waals surface area contributed by atoms with E-state index in [0.717, 1.165) is 11.1 Å². The number of carbonyl (C=O) groups is 1. The average molecular weight is 302 g/mol. The van der Waals surface area contributed by atoms with Crippen molar-refractivity contribution in [1.29, 1.82) is 0 Å². The molecule has 0 amide bonds. The number of benzene rings is 2. The molecule has 106 valence electrons. The molecule has 1 unspecified atom stereocenters. The lowest BCUT2D eigenvalue weighted by atomic mass is 9.98. The number of hydrogen-bond acceptors (Lipinski definition) is 4. The molecule has 0 fully saturated rings. The van der Waals surface area contributed by atoms with Crippen LogP contribution < -0.4 is 0 Å². The van der Waals surface area contributed by atoms with Gasteiger partial charge >= 0.3 is 5.97 Å². The van der Waals surface area contributed by atoms with Crippen LogP contribution in [0.15, 0.2) is 53.7 Å². The van der Waals surface area contributed by atoms with Crippen LogP contribution in [-0.2, 0) is 4.74 Å². The first-order valence-electron chi connectivity index (χ1n) is 6.46. The lowest BCUT2D eigenvalue weighted by Crippen LogP contribution is -2.09. The third-order valence-corrected chi connectivity index (χ3v) is 3.71. The SMILES string of the molecule is O=C1OC(C/C(=N/O)c2ccc(Cl)cc2)c2ccccc21. The number of cyclic esters (lactones) is 1. The van der Waals surface area contributed by atoms with Crippen molar-refractivity contribution in [2.24, 2.45) is 5.16 Å². The van der Waals surface area contributed by atoms with Crippen LogP contribution in [0.5, 0.6) is 0 Å². The molecule has 0 bridgehead atoms. The number of hydrogen-bond donors (Lipinski definition) is 1. The molecule has 1 atom stereocenters. The topological polar surface area (TPSA) is 58.9 Å². The molecule has 5 heteroatoms. The highest BCUT2D eigenvalue weighted by Gasteiger charge is 2.31. The summed E-state index contributed by atoms with van der Waals surface area (Å²) in [5, 5.41) is 13.2. The molecule has 2 aromatic rings. The Morgan fingerprint density at radius 1 is 1.19 bits per heavy atom. The lowest BCUT2D eigenvalue weighted by Gasteiger charge is -2.12. The van der Waals surface area contributed by atoms with Crippen molar-refractivity contribution in [3.8, 4) is 0 Å². The van der Waals surface area contributed by atoms with E-state index >= 15 is 0 Å². The van der Waals surface area contributed by atoms with E-state index in [1.807, 2.05) is 12.1 Å². The summed E-state index contributed by atoms with van der Waals surface area (Å²) < 4.78 is 5.35. The van der Waals surface area contributed by atoms with Crippen LogP contribution in [0.3, 0.4) is 0 Å². The zero-order valence-electron chi connectivity index (χ0n) is 11.0. The van der Waals surface area contributed by atoms with Gasteiger partial charge < -0.3 is 9.94 Å². The van der Waals surface area contributed by atoms with Gasteiger partial charge in [0.2, 0.25) is 0 Å². The van der Waals surface area contributed by atoms with Gasteiger partial charge in [0.25, 0.3) is 0 Å². The summed E-state index contributed by atoms with van der Waals surface area (Å²) in [4.78, 5) is 11.8. The summed E-state index contributed by atoms with van der Waals surface area (Å²) in [5.74, 6) is -0.344. The maximum atomic E-state index is 11.8. The van der Waals surface area contributed by atoms with Gasteiger partial charge in [-0.15, -0.1) is 0 Å². The monoisotopic (exact) mass is 301 g/mol. The van der Waals surface area contributed by atoms with Crippen molar-refractivity contribution in [3.63, 3.8) is 0 Å². The van der Waals surface area contributed by atoms with Gasteiger partial charge in [-0.25, -0.2) is 4.79 Å². The number of fused-ring (bicyclic) bond motifs is 1. The fourth-order valence-electron chi connectivity index (χ4n) is 2.41. The average Bonchev–Trinajstić information content (AvgIpc) is 2.83. The van der Waals surface area contributed by atoms with Crippen molar-refractivity contribution in [3.05, 3.63) is 70.2 Å². The quantitative estimate of drug-likeness (QED) is 0.406. The molecule has 0 aromatic heterocycles. The van der Waals surface area contributed by atoms with Crippen LogP contribution in [0.25, 0.3) is 0 Å². The fourth-order valence-corrected chi connectivity index (χ4v) is 2.53. The highest BCUT2D eigenvalue weighted by atomic mass is 35.5. The number of esters is 1. The zero-order valence-corrected chi connectivity index (χ0v) is 11.7. The fraction of sp³-hybridized carbons (Fsp3) is 0.125. The number of nitrogens with zero attached hydrogens (tertiary/aromatic N) is 1. The maximum Gasteiger partial charge on any atom is 0.339 e. The predicted octanol–water partition coefficient (Wildman–Crippen LogP) is 3.82.